The molecular formula is C12H12Cl2O4. The molecule has 2 rings (SSSR count). The molecule has 0 aromatic heterocycles. The van der Waals surface area contributed by atoms with Gasteiger partial charge in [0.25, 0.3) is 0 Å². The van der Waals surface area contributed by atoms with Crippen molar-refractivity contribution >= 4 is 29.2 Å². The van der Waals surface area contributed by atoms with Gasteiger partial charge in [0.15, 0.2) is 0 Å². The molecule has 0 saturated carbocycles. The summed E-state index contributed by atoms with van der Waals surface area (Å²) in [4.78, 5) is 11.7. The molecule has 1 aromatic carbocycles. The van der Waals surface area contributed by atoms with Crippen LogP contribution >= 0.6 is 23.2 Å². The lowest BCUT2D eigenvalue weighted by atomic mass is 10.2. The average Bonchev–Trinajstić information content (AvgIpc) is 2.66. The van der Waals surface area contributed by atoms with Gasteiger partial charge in [-0.05, 0) is 24.3 Å². The molecule has 1 unspecified atom stereocenters. The fourth-order valence-electron chi connectivity index (χ4n) is 1.66. The molecule has 6 heteroatoms. The van der Waals surface area contributed by atoms with Crippen molar-refractivity contribution in [1.82, 2.24) is 0 Å². The molecular weight excluding hydrogens is 279 g/mol. The Morgan fingerprint density at radius 2 is 2.11 bits per heavy atom. The van der Waals surface area contributed by atoms with Crippen molar-refractivity contribution in [3.63, 3.8) is 0 Å². The van der Waals surface area contributed by atoms with Crippen molar-refractivity contribution in [2.45, 2.75) is 24.2 Å². The largest absolute Gasteiger partial charge is 0.459 e. The van der Waals surface area contributed by atoms with Crippen molar-refractivity contribution < 1.29 is 19.4 Å². The van der Waals surface area contributed by atoms with Gasteiger partial charge in [-0.3, -0.25) is 0 Å². The number of benzene rings is 1. The minimum atomic E-state index is -0.703. The van der Waals surface area contributed by atoms with Gasteiger partial charge in [-0.2, -0.15) is 0 Å². The number of ether oxygens (including phenoxy) is 2. The van der Waals surface area contributed by atoms with Gasteiger partial charge in [0.2, 0.25) is 0 Å². The fourth-order valence-corrected chi connectivity index (χ4v) is 2.10. The molecule has 4 nitrogen and oxygen atoms in total. The minimum Gasteiger partial charge on any atom is -0.459 e. The predicted octanol–water partition coefficient (Wildman–Crippen LogP) is 2.21. The van der Waals surface area contributed by atoms with E-state index in [0.29, 0.717) is 17.0 Å². The van der Waals surface area contributed by atoms with E-state index in [1.54, 1.807) is 24.3 Å². The second-order valence-electron chi connectivity index (χ2n) is 3.99. The molecule has 0 radical (unpaired) electrons. The van der Waals surface area contributed by atoms with E-state index < -0.39 is 23.7 Å². The van der Waals surface area contributed by atoms with E-state index in [0.717, 1.165) is 0 Å². The van der Waals surface area contributed by atoms with Gasteiger partial charge in [-0.1, -0.05) is 23.2 Å². The number of halogens is 2. The molecule has 1 fully saturated rings. The lowest BCUT2D eigenvalue weighted by Gasteiger charge is -2.13. The summed E-state index contributed by atoms with van der Waals surface area (Å²) < 4.78 is 10.2. The number of carbonyl (C=O) groups is 1. The minimum absolute atomic E-state index is 0.0220. The van der Waals surface area contributed by atoms with Crippen LogP contribution in [0.5, 0.6) is 0 Å². The molecule has 1 heterocycles. The topological polar surface area (TPSA) is 55.8 Å². The van der Waals surface area contributed by atoms with Crippen LogP contribution in [-0.4, -0.2) is 35.5 Å². The summed E-state index contributed by atoms with van der Waals surface area (Å²) in [5.74, 6) is -0.486. The second-order valence-corrected chi connectivity index (χ2v) is 4.92. The molecule has 1 aromatic rings. The summed E-state index contributed by atoms with van der Waals surface area (Å²) in [6.45, 7) is -0.0220. The van der Waals surface area contributed by atoms with Crippen LogP contribution in [0.25, 0.3) is 0 Å². The van der Waals surface area contributed by atoms with E-state index in [1.165, 1.54) is 0 Å². The number of hydrogen-bond donors (Lipinski definition) is 1. The zero-order valence-electron chi connectivity index (χ0n) is 9.38. The highest BCUT2D eigenvalue weighted by molar-refractivity contribution is 6.30. The Hall–Kier alpha value is -0.810. The third kappa shape index (κ3) is 3.36. The third-order valence-electron chi connectivity index (χ3n) is 2.64. The number of aliphatic hydroxyl groups is 1. The molecule has 98 valence electrons. The van der Waals surface area contributed by atoms with Crippen LogP contribution in [-0.2, 0) is 9.47 Å². The number of rotatable bonds is 3. The molecule has 18 heavy (non-hydrogen) atoms. The number of carbonyl (C=O) groups excluding carboxylic acids is 1. The monoisotopic (exact) mass is 290 g/mol. The van der Waals surface area contributed by atoms with Gasteiger partial charge in [0.1, 0.15) is 18.3 Å². The van der Waals surface area contributed by atoms with E-state index in [2.05, 4.69) is 0 Å². The zero-order valence-corrected chi connectivity index (χ0v) is 10.9. The van der Waals surface area contributed by atoms with Crippen LogP contribution in [0.2, 0.25) is 5.02 Å². The van der Waals surface area contributed by atoms with Crippen LogP contribution < -0.4 is 0 Å². The molecule has 1 aliphatic rings. The van der Waals surface area contributed by atoms with Gasteiger partial charge in [-0.15, -0.1) is 0 Å². The first-order chi connectivity index (χ1) is 8.56. The van der Waals surface area contributed by atoms with Crippen molar-refractivity contribution in [1.29, 1.82) is 0 Å². The normalized spacial score (nSPS) is 27.2. The lowest BCUT2D eigenvalue weighted by molar-refractivity contribution is -0.0200. The maximum absolute atomic E-state index is 11.7. The Bertz CT molecular complexity index is 421. The Morgan fingerprint density at radius 1 is 1.44 bits per heavy atom. The maximum atomic E-state index is 11.7. The van der Waals surface area contributed by atoms with Crippen LogP contribution in [0.3, 0.4) is 0 Å². The smallest absolute Gasteiger partial charge is 0.338 e. The van der Waals surface area contributed by atoms with Gasteiger partial charge in [0, 0.05) is 11.4 Å². The second kappa shape index (κ2) is 5.89. The van der Waals surface area contributed by atoms with Gasteiger partial charge in [-0.25, -0.2) is 4.79 Å². The predicted molar refractivity (Wildman–Crippen MR) is 66.9 cm³/mol. The van der Waals surface area contributed by atoms with Crippen molar-refractivity contribution in [2.75, 3.05) is 6.61 Å². The number of aliphatic hydroxyl groups excluding tert-OH is 1. The van der Waals surface area contributed by atoms with E-state index in [4.69, 9.17) is 32.7 Å². The van der Waals surface area contributed by atoms with Crippen LogP contribution in [0.1, 0.15) is 16.8 Å². The first-order valence-electron chi connectivity index (χ1n) is 5.46. The van der Waals surface area contributed by atoms with E-state index in [1.807, 2.05) is 0 Å². The SMILES string of the molecule is O=C(OC[C@H]1OC(Cl)C[C@@H]1O)c1ccc(Cl)cc1. The van der Waals surface area contributed by atoms with Crippen molar-refractivity contribution in [3.05, 3.63) is 34.9 Å². The van der Waals surface area contributed by atoms with E-state index in [-0.39, 0.29) is 6.61 Å². The summed E-state index contributed by atoms with van der Waals surface area (Å²) in [5, 5.41) is 10.1. The molecule has 0 spiro atoms. The summed E-state index contributed by atoms with van der Waals surface area (Å²) >= 11 is 11.4. The van der Waals surface area contributed by atoms with Crippen LogP contribution in [0.15, 0.2) is 24.3 Å². The highest BCUT2D eigenvalue weighted by Crippen LogP contribution is 2.23. The van der Waals surface area contributed by atoms with Crippen LogP contribution in [0, 0.1) is 0 Å². The quantitative estimate of drug-likeness (QED) is 0.685. The average molecular weight is 291 g/mol. The highest BCUT2D eigenvalue weighted by Gasteiger charge is 2.33. The van der Waals surface area contributed by atoms with Gasteiger partial charge in [0.05, 0.1) is 11.7 Å². The standard InChI is InChI=1S/C12H12Cl2O4/c13-8-3-1-7(2-4-8)12(16)17-6-10-9(15)5-11(14)18-10/h1-4,9-11,15H,5-6H2/t9-,10+,11?/m0/s1. The molecule has 0 bridgehead atoms. The van der Waals surface area contributed by atoms with E-state index in [9.17, 15) is 9.90 Å². The van der Waals surface area contributed by atoms with Crippen LogP contribution in [0.4, 0.5) is 0 Å². The van der Waals surface area contributed by atoms with Gasteiger partial charge >= 0.3 is 5.97 Å². The first kappa shape index (κ1) is 13.6. The Morgan fingerprint density at radius 3 is 2.67 bits per heavy atom. The summed E-state index contributed by atoms with van der Waals surface area (Å²) in [7, 11) is 0. The van der Waals surface area contributed by atoms with E-state index >= 15 is 0 Å². The third-order valence-corrected chi connectivity index (χ3v) is 3.17. The first-order valence-corrected chi connectivity index (χ1v) is 6.28. The molecule has 1 aliphatic heterocycles. The summed E-state index contributed by atoms with van der Waals surface area (Å²) in [6.07, 6.45) is -0.931. The molecule has 3 atom stereocenters. The number of alkyl halides is 1. The molecule has 1 N–H and O–H groups in total. The number of esters is 1. The van der Waals surface area contributed by atoms with Crippen molar-refractivity contribution in [2.24, 2.45) is 0 Å². The molecule has 1 saturated heterocycles. The Kier molecular flexibility index (Phi) is 4.45. The summed E-state index contributed by atoms with van der Waals surface area (Å²) in [6, 6.07) is 6.35. The lowest BCUT2D eigenvalue weighted by Crippen LogP contribution is -2.27. The number of hydrogen-bond acceptors (Lipinski definition) is 4. The fraction of sp³-hybridized carbons (Fsp3) is 0.417. The summed E-state index contributed by atoms with van der Waals surface area (Å²) in [5.41, 5.74) is -0.131. The Balaban J connectivity index is 1.87. The zero-order chi connectivity index (χ0) is 13.1. The maximum Gasteiger partial charge on any atom is 0.338 e. The molecule has 0 amide bonds. The van der Waals surface area contributed by atoms with Gasteiger partial charge < -0.3 is 14.6 Å². The van der Waals surface area contributed by atoms with Crippen molar-refractivity contribution in [3.8, 4) is 0 Å². The highest BCUT2D eigenvalue weighted by atomic mass is 35.5. The molecule has 0 aliphatic carbocycles. The Labute approximate surface area is 114 Å².